The Hall–Kier alpha value is -3.00. The fraction of sp³-hybridized carbons (Fsp3) is 0.250. The third-order valence-electron chi connectivity index (χ3n) is 4.71. The van der Waals surface area contributed by atoms with Gasteiger partial charge in [0.2, 0.25) is 0 Å². The molecule has 1 amide bonds. The van der Waals surface area contributed by atoms with E-state index in [1.54, 1.807) is 12.3 Å². The number of carbonyl (C=O) groups is 2. The Kier molecular flexibility index (Phi) is 5.21. The zero-order valence-electron chi connectivity index (χ0n) is 15.3. The van der Waals surface area contributed by atoms with Gasteiger partial charge in [-0.1, -0.05) is 12.1 Å². The van der Waals surface area contributed by atoms with Crippen LogP contribution in [-0.2, 0) is 23.5 Å². The third-order valence-corrected chi connectivity index (χ3v) is 5.79. The zero-order chi connectivity index (χ0) is 19.5. The molecule has 2 aromatic heterocycles. The van der Waals surface area contributed by atoms with Crippen molar-refractivity contribution in [1.82, 2.24) is 15.1 Å². The minimum Gasteiger partial charge on any atom is -0.468 e. The van der Waals surface area contributed by atoms with Gasteiger partial charge in [-0.15, -0.1) is 11.8 Å². The number of rotatable bonds is 5. The van der Waals surface area contributed by atoms with Crippen LogP contribution in [0.3, 0.4) is 0 Å². The first-order valence-corrected chi connectivity index (χ1v) is 9.83. The van der Waals surface area contributed by atoms with E-state index in [1.807, 2.05) is 29.2 Å². The van der Waals surface area contributed by atoms with Gasteiger partial charge in [-0.2, -0.15) is 5.10 Å². The topological polar surface area (TPSA) is 88.4 Å². The lowest BCUT2D eigenvalue weighted by Gasteiger charge is -2.27. The summed E-state index contributed by atoms with van der Waals surface area (Å²) >= 11 is 1.46. The number of aromatic nitrogens is 2. The number of thioether (sulfide) groups is 1. The first kappa shape index (κ1) is 18.4. The molecule has 4 rings (SSSR count). The van der Waals surface area contributed by atoms with Crippen molar-refractivity contribution >= 4 is 23.6 Å². The lowest BCUT2D eigenvalue weighted by atomic mass is 10.1. The molecule has 7 nitrogen and oxygen atoms in total. The summed E-state index contributed by atoms with van der Waals surface area (Å²) in [7, 11) is 1.34. The van der Waals surface area contributed by atoms with Crippen molar-refractivity contribution < 1.29 is 18.7 Å². The molecule has 0 fully saturated rings. The second kappa shape index (κ2) is 7.93. The van der Waals surface area contributed by atoms with E-state index in [2.05, 4.69) is 10.2 Å². The number of hydrogen-bond acceptors (Lipinski definition) is 6. The molecule has 1 N–H and O–H groups in total. The number of nitrogens with zero attached hydrogens (tertiary/aromatic N) is 2. The molecule has 1 aliphatic rings. The molecular weight excluding hydrogens is 378 g/mol. The van der Waals surface area contributed by atoms with Gasteiger partial charge in [-0.25, -0.2) is 4.79 Å². The van der Waals surface area contributed by atoms with Crippen LogP contribution in [0.5, 0.6) is 0 Å². The number of H-pyrrole nitrogens is 1. The number of hydrogen-bond donors (Lipinski definition) is 1. The van der Waals surface area contributed by atoms with Gasteiger partial charge in [0.05, 0.1) is 30.9 Å². The SMILES string of the molecule is COC(=O)c1ccoc1CSc1ccccc1C(=O)N1CCc2[nH]ncc2C1. The molecule has 0 saturated heterocycles. The predicted octanol–water partition coefficient (Wildman–Crippen LogP) is 3.28. The number of methoxy groups -OCH3 is 1. The van der Waals surface area contributed by atoms with E-state index in [1.165, 1.54) is 25.1 Å². The Morgan fingerprint density at radius 3 is 3.00 bits per heavy atom. The standard InChI is InChI=1S/C20H19N3O4S/c1-26-20(25)14-7-9-27-17(14)12-28-18-5-3-2-4-15(18)19(24)23-8-6-16-13(11-23)10-21-22-16/h2-5,7,9-10H,6,8,11-12H2,1H3,(H,21,22). The molecule has 0 saturated carbocycles. The minimum atomic E-state index is -0.432. The molecular formula is C20H19N3O4S. The van der Waals surface area contributed by atoms with Gasteiger partial charge in [0.25, 0.3) is 5.91 Å². The summed E-state index contributed by atoms with van der Waals surface area (Å²) in [5.74, 6) is 0.508. The fourth-order valence-electron chi connectivity index (χ4n) is 3.22. The number of ether oxygens (including phenoxy) is 1. The second-order valence-corrected chi connectivity index (χ2v) is 7.40. The smallest absolute Gasteiger partial charge is 0.341 e. The first-order valence-electron chi connectivity index (χ1n) is 8.84. The lowest BCUT2D eigenvalue weighted by molar-refractivity contribution is 0.0598. The molecule has 3 aromatic rings. The van der Waals surface area contributed by atoms with Gasteiger partial charge in [-0.05, 0) is 18.2 Å². The predicted molar refractivity (Wildman–Crippen MR) is 103 cm³/mol. The molecule has 1 aromatic carbocycles. The molecule has 0 unspecified atom stereocenters. The number of esters is 1. The van der Waals surface area contributed by atoms with E-state index < -0.39 is 5.97 Å². The molecule has 0 spiro atoms. The van der Waals surface area contributed by atoms with Crippen molar-refractivity contribution in [3.8, 4) is 0 Å². The number of aromatic amines is 1. The van der Waals surface area contributed by atoms with Crippen molar-refractivity contribution in [2.45, 2.75) is 23.6 Å². The average Bonchev–Trinajstić information content (AvgIpc) is 3.40. The maximum Gasteiger partial charge on any atom is 0.341 e. The molecule has 0 aliphatic carbocycles. The van der Waals surface area contributed by atoms with Crippen LogP contribution in [0.2, 0.25) is 0 Å². The molecule has 8 heteroatoms. The van der Waals surface area contributed by atoms with Crippen LogP contribution in [0.15, 0.2) is 52.1 Å². The first-order chi connectivity index (χ1) is 13.7. The molecule has 0 radical (unpaired) electrons. The number of fused-ring (bicyclic) bond motifs is 1. The largest absolute Gasteiger partial charge is 0.468 e. The van der Waals surface area contributed by atoms with Gasteiger partial charge in [-0.3, -0.25) is 9.89 Å². The number of furan rings is 1. The van der Waals surface area contributed by atoms with Crippen LogP contribution in [0.25, 0.3) is 0 Å². The Morgan fingerprint density at radius 1 is 1.29 bits per heavy atom. The van der Waals surface area contributed by atoms with E-state index in [9.17, 15) is 9.59 Å². The molecule has 0 bridgehead atoms. The summed E-state index contributed by atoms with van der Waals surface area (Å²) in [4.78, 5) is 27.6. The normalized spacial score (nSPS) is 13.2. The number of benzene rings is 1. The van der Waals surface area contributed by atoms with E-state index >= 15 is 0 Å². The van der Waals surface area contributed by atoms with Crippen LogP contribution in [0.1, 0.15) is 37.7 Å². The monoisotopic (exact) mass is 397 g/mol. The van der Waals surface area contributed by atoms with Crippen LogP contribution in [-0.4, -0.2) is 40.6 Å². The van der Waals surface area contributed by atoms with E-state index in [0.29, 0.717) is 35.7 Å². The fourth-order valence-corrected chi connectivity index (χ4v) is 4.22. The van der Waals surface area contributed by atoms with Crippen molar-refractivity contribution in [3.05, 3.63) is 70.9 Å². The highest BCUT2D eigenvalue weighted by atomic mass is 32.2. The Labute approximate surface area is 166 Å². The van der Waals surface area contributed by atoms with Crippen LogP contribution >= 0.6 is 11.8 Å². The van der Waals surface area contributed by atoms with Crippen molar-refractivity contribution in [2.24, 2.45) is 0 Å². The molecule has 144 valence electrons. The molecule has 0 atom stereocenters. The Bertz CT molecular complexity index is 1010. The number of amides is 1. The van der Waals surface area contributed by atoms with E-state index in [4.69, 9.17) is 9.15 Å². The van der Waals surface area contributed by atoms with Gasteiger partial charge in [0, 0.05) is 35.7 Å². The number of nitrogens with one attached hydrogen (secondary N) is 1. The highest BCUT2D eigenvalue weighted by Gasteiger charge is 2.25. The summed E-state index contributed by atoms with van der Waals surface area (Å²) in [5, 5.41) is 7.04. The van der Waals surface area contributed by atoms with Gasteiger partial charge < -0.3 is 14.1 Å². The van der Waals surface area contributed by atoms with Crippen LogP contribution in [0, 0.1) is 0 Å². The number of carbonyl (C=O) groups excluding carboxylic acids is 2. The highest BCUT2D eigenvalue weighted by Crippen LogP contribution is 2.30. The minimum absolute atomic E-state index is 0.0115. The highest BCUT2D eigenvalue weighted by molar-refractivity contribution is 7.98. The van der Waals surface area contributed by atoms with Crippen molar-refractivity contribution in [2.75, 3.05) is 13.7 Å². The van der Waals surface area contributed by atoms with Crippen LogP contribution in [0.4, 0.5) is 0 Å². The summed E-state index contributed by atoms with van der Waals surface area (Å²) < 4.78 is 10.2. The maximum absolute atomic E-state index is 13.1. The average molecular weight is 397 g/mol. The van der Waals surface area contributed by atoms with Crippen LogP contribution < -0.4 is 0 Å². The van der Waals surface area contributed by atoms with E-state index in [0.717, 1.165) is 22.6 Å². The summed E-state index contributed by atoms with van der Waals surface area (Å²) in [6, 6.07) is 9.09. The Morgan fingerprint density at radius 2 is 2.14 bits per heavy atom. The molecule has 3 heterocycles. The van der Waals surface area contributed by atoms with Gasteiger partial charge in [0.1, 0.15) is 11.3 Å². The third kappa shape index (κ3) is 3.55. The summed E-state index contributed by atoms with van der Waals surface area (Å²) in [6.07, 6.45) is 4.02. The maximum atomic E-state index is 13.1. The second-order valence-electron chi connectivity index (χ2n) is 6.38. The lowest BCUT2D eigenvalue weighted by Crippen LogP contribution is -2.36. The molecule has 1 aliphatic heterocycles. The Balaban J connectivity index is 1.51. The molecule has 28 heavy (non-hydrogen) atoms. The summed E-state index contributed by atoms with van der Waals surface area (Å²) in [5.41, 5.74) is 3.20. The van der Waals surface area contributed by atoms with Gasteiger partial charge in [0.15, 0.2) is 0 Å². The summed E-state index contributed by atoms with van der Waals surface area (Å²) in [6.45, 7) is 1.20. The quantitative estimate of drug-likeness (QED) is 0.525. The zero-order valence-corrected chi connectivity index (χ0v) is 16.1. The van der Waals surface area contributed by atoms with Crippen molar-refractivity contribution in [1.29, 1.82) is 0 Å². The van der Waals surface area contributed by atoms with Gasteiger partial charge >= 0.3 is 5.97 Å². The van der Waals surface area contributed by atoms with Crippen molar-refractivity contribution in [3.63, 3.8) is 0 Å². The van der Waals surface area contributed by atoms with E-state index in [-0.39, 0.29) is 5.91 Å².